The third kappa shape index (κ3) is 2.39. The fourth-order valence-electron chi connectivity index (χ4n) is 2.09. The second-order valence-corrected chi connectivity index (χ2v) is 4.15. The molecule has 0 aliphatic carbocycles. The zero-order valence-electron chi connectivity index (χ0n) is 10.3. The minimum atomic E-state index is 0.170. The zero-order valence-corrected chi connectivity index (χ0v) is 10.3. The fourth-order valence-corrected chi connectivity index (χ4v) is 2.09. The van der Waals surface area contributed by atoms with Gasteiger partial charge in [0.25, 0.3) is 0 Å². The average Bonchev–Trinajstić information content (AvgIpc) is 2.35. The van der Waals surface area contributed by atoms with Crippen molar-refractivity contribution in [2.75, 3.05) is 24.6 Å². The number of aliphatic hydroxyl groups is 1. The van der Waals surface area contributed by atoms with Crippen molar-refractivity contribution in [1.29, 1.82) is 0 Å². The van der Waals surface area contributed by atoms with Crippen LogP contribution in [0.2, 0.25) is 0 Å². The highest BCUT2D eigenvalue weighted by Crippen LogP contribution is 2.25. The summed E-state index contributed by atoms with van der Waals surface area (Å²) >= 11 is 0. The molecule has 1 heterocycles. The number of pyridine rings is 1. The third-order valence-electron chi connectivity index (χ3n) is 2.97. The van der Waals surface area contributed by atoms with Gasteiger partial charge in [0.15, 0.2) is 0 Å². The average molecular weight is 230 g/mol. The van der Waals surface area contributed by atoms with Crippen molar-refractivity contribution >= 4 is 16.6 Å². The standard InChI is InChI=1S/C14H18N2O/c1-3-16(8-9-17)14-6-7-15-13-5-4-11(2)10-12(13)14/h4-7,10,17H,3,8-9H2,1-2H3. The largest absolute Gasteiger partial charge is 0.395 e. The zero-order chi connectivity index (χ0) is 12.3. The Labute approximate surface area is 102 Å². The van der Waals surface area contributed by atoms with E-state index in [1.54, 1.807) is 0 Å². The molecular formula is C14H18N2O. The summed E-state index contributed by atoms with van der Waals surface area (Å²) in [6.45, 7) is 5.89. The van der Waals surface area contributed by atoms with E-state index in [-0.39, 0.29) is 6.61 Å². The van der Waals surface area contributed by atoms with Crippen LogP contribution in [0.1, 0.15) is 12.5 Å². The van der Waals surface area contributed by atoms with Gasteiger partial charge in [0, 0.05) is 30.4 Å². The number of aliphatic hydroxyl groups excluding tert-OH is 1. The number of hydrogen-bond donors (Lipinski definition) is 1. The van der Waals surface area contributed by atoms with Crippen LogP contribution in [0.5, 0.6) is 0 Å². The van der Waals surface area contributed by atoms with E-state index in [9.17, 15) is 0 Å². The number of likely N-dealkylation sites (N-methyl/N-ethyl adjacent to an activating group) is 1. The van der Waals surface area contributed by atoms with Crippen LogP contribution in [-0.2, 0) is 0 Å². The summed E-state index contributed by atoms with van der Waals surface area (Å²) in [5.74, 6) is 0. The summed E-state index contributed by atoms with van der Waals surface area (Å²) < 4.78 is 0. The fraction of sp³-hybridized carbons (Fsp3) is 0.357. The number of aromatic nitrogens is 1. The quantitative estimate of drug-likeness (QED) is 0.876. The molecule has 0 radical (unpaired) electrons. The number of aryl methyl sites for hydroxylation is 1. The van der Waals surface area contributed by atoms with Crippen molar-refractivity contribution in [2.45, 2.75) is 13.8 Å². The first-order chi connectivity index (χ1) is 8.26. The first-order valence-corrected chi connectivity index (χ1v) is 5.97. The lowest BCUT2D eigenvalue weighted by molar-refractivity contribution is 0.302. The second kappa shape index (κ2) is 5.15. The van der Waals surface area contributed by atoms with Crippen molar-refractivity contribution < 1.29 is 5.11 Å². The molecular weight excluding hydrogens is 212 g/mol. The van der Waals surface area contributed by atoms with E-state index in [0.717, 1.165) is 23.1 Å². The van der Waals surface area contributed by atoms with Crippen molar-refractivity contribution in [2.24, 2.45) is 0 Å². The molecule has 1 N–H and O–H groups in total. The second-order valence-electron chi connectivity index (χ2n) is 4.15. The monoisotopic (exact) mass is 230 g/mol. The molecule has 0 fully saturated rings. The molecule has 0 spiro atoms. The van der Waals surface area contributed by atoms with Crippen LogP contribution < -0.4 is 4.90 Å². The van der Waals surface area contributed by atoms with Crippen LogP contribution in [0.15, 0.2) is 30.5 Å². The smallest absolute Gasteiger partial charge is 0.0722 e. The van der Waals surface area contributed by atoms with Gasteiger partial charge in [-0.05, 0) is 32.0 Å². The molecule has 2 aromatic rings. The number of benzene rings is 1. The van der Waals surface area contributed by atoms with Gasteiger partial charge in [-0.15, -0.1) is 0 Å². The van der Waals surface area contributed by atoms with Crippen LogP contribution in [0.3, 0.4) is 0 Å². The Kier molecular flexibility index (Phi) is 3.59. The summed E-state index contributed by atoms with van der Waals surface area (Å²) in [6, 6.07) is 8.28. The SMILES string of the molecule is CCN(CCO)c1ccnc2ccc(C)cc12. The predicted octanol–water partition coefficient (Wildman–Crippen LogP) is 2.36. The lowest BCUT2D eigenvalue weighted by Gasteiger charge is -2.23. The molecule has 0 aliphatic heterocycles. The van der Waals surface area contributed by atoms with E-state index >= 15 is 0 Å². The normalized spacial score (nSPS) is 10.8. The summed E-state index contributed by atoms with van der Waals surface area (Å²) in [5.41, 5.74) is 3.38. The Morgan fingerprint density at radius 2 is 2.12 bits per heavy atom. The van der Waals surface area contributed by atoms with Crippen molar-refractivity contribution in [3.8, 4) is 0 Å². The van der Waals surface area contributed by atoms with Gasteiger partial charge in [0.1, 0.15) is 0 Å². The van der Waals surface area contributed by atoms with Gasteiger partial charge in [0.2, 0.25) is 0 Å². The molecule has 90 valence electrons. The highest BCUT2D eigenvalue weighted by molar-refractivity contribution is 5.92. The first-order valence-electron chi connectivity index (χ1n) is 5.97. The van der Waals surface area contributed by atoms with E-state index in [1.807, 2.05) is 18.3 Å². The van der Waals surface area contributed by atoms with E-state index in [0.29, 0.717) is 6.54 Å². The molecule has 2 rings (SSSR count). The van der Waals surface area contributed by atoms with E-state index in [2.05, 4.69) is 35.9 Å². The van der Waals surface area contributed by atoms with Crippen molar-refractivity contribution in [3.05, 3.63) is 36.0 Å². The number of rotatable bonds is 4. The maximum absolute atomic E-state index is 9.10. The Morgan fingerprint density at radius 3 is 2.82 bits per heavy atom. The molecule has 1 aromatic heterocycles. The number of nitrogens with zero attached hydrogens (tertiary/aromatic N) is 2. The van der Waals surface area contributed by atoms with Crippen molar-refractivity contribution in [1.82, 2.24) is 4.98 Å². The minimum absolute atomic E-state index is 0.170. The van der Waals surface area contributed by atoms with Gasteiger partial charge in [-0.2, -0.15) is 0 Å². The number of anilines is 1. The molecule has 0 saturated carbocycles. The van der Waals surface area contributed by atoms with E-state index in [1.165, 1.54) is 5.56 Å². The maximum Gasteiger partial charge on any atom is 0.0722 e. The summed E-state index contributed by atoms with van der Waals surface area (Å²) in [4.78, 5) is 6.54. The maximum atomic E-state index is 9.10. The third-order valence-corrected chi connectivity index (χ3v) is 2.97. The van der Waals surface area contributed by atoms with Gasteiger partial charge in [-0.3, -0.25) is 4.98 Å². The molecule has 17 heavy (non-hydrogen) atoms. The van der Waals surface area contributed by atoms with Gasteiger partial charge in [-0.1, -0.05) is 11.6 Å². The van der Waals surface area contributed by atoms with Crippen LogP contribution in [-0.4, -0.2) is 29.8 Å². The molecule has 1 aromatic carbocycles. The molecule has 0 bridgehead atoms. The first kappa shape index (κ1) is 11.9. The number of fused-ring (bicyclic) bond motifs is 1. The lowest BCUT2D eigenvalue weighted by atomic mass is 10.1. The van der Waals surface area contributed by atoms with Crippen LogP contribution in [0.25, 0.3) is 10.9 Å². The van der Waals surface area contributed by atoms with E-state index in [4.69, 9.17) is 5.11 Å². The Bertz CT molecular complexity index is 511. The highest BCUT2D eigenvalue weighted by Gasteiger charge is 2.08. The molecule has 3 nitrogen and oxygen atoms in total. The Hall–Kier alpha value is -1.61. The summed E-state index contributed by atoms with van der Waals surface area (Å²) in [5, 5.41) is 10.3. The van der Waals surface area contributed by atoms with Crippen LogP contribution >= 0.6 is 0 Å². The molecule has 0 unspecified atom stereocenters. The molecule has 0 saturated heterocycles. The van der Waals surface area contributed by atoms with E-state index < -0.39 is 0 Å². The van der Waals surface area contributed by atoms with Gasteiger partial charge in [-0.25, -0.2) is 0 Å². The Morgan fingerprint density at radius 1 is 1.29 bits per heavy atom. The minimum Gasteiger partial charge on any atom is -0.395 e. The molecule has 0 amide bonds. The molecule has 0 atom stereocenters. The topological polar surface area (TPSA) is 36.4 Å². The number of hydrogen-bond acceptors (Lipinski definition) is 3. The Balaban J connectivity index is 2.55. The van der Waals surface area contributed by atoms with Crippen LogP contribution in [0, 0.1) is 6.92 Å². The van der Waals surface area contributed by atoms with Gasteiger partial charge >= 0.3 is 0 Å². The summed E-state index contributed by atoms with van der Waals surface area (Å²) in [6.07, 6.45) is 1.83. The van der Waals surface area contributed by atoms with Crippen molar-refractivity contribution in [3.63, 3.8) is 0 Å². The summed E-state index contributed by atoms with van der Waals surface area (Å²) in [7, 11) is 0. The van der Waals surface area contributed by atoms with Crippen LogP contribution in [0.4, 0.5) is 5.69 Å². The predicted molar refractivity (Wildman–Crippen MR) is 71.5 cm³/mol. The molecule has 3 heteroatoms. The van der Waals surface area contributed by atoms with Gasteiger partial charge < -0.3 is 10.0 Å². The highest BCUT2D eigenvalue weighted by atomic mass is 16.3. The van der Waals surface area contributed by atoms with Gasteiger partial charge in [0.05, 0.1) is 12.1 Å². The lowest BCUT2D eigenvalue weighted by Crippen LogP contribution is -2.26. The molecule has 0 aliphatic rings.